The van der Waals surface area contributed by atoms with Crippen molar-refractivity contribution in [2.45, 2.75) is 10.9 Å². The van der Waals surface area contributed by atoms with Gasteiger partial charge in [-0.2, -0.15) is 0 Å². The number of carbonyl (C=O) groups is 1. The van der Waals surface area contributed by atoms with Gasteiger partial charge in [0, 0.05) is 29.8 Å². The Morgan fingerprint density at radius 1 is 1.38 bits per heavy atom. The highest BCUT2D eigenvalue weighted by Gasteiger charge is 2.04. The third-order valence-corrected chi connectivity index (χ3v) is 3.56. The molecular formula is C15H14N2O3S. The average Bonchev–Trinajstić information content (AvgIpc) is 2.52. The molecule has 1 aromatic heterocycles. The van der Waals surface area contributed by atoms with Gasteiger partial charge >= 0.3 is 5.97 Å². The van der Waals surface area contributed by atoms with Crippen molar-refractivity contribution in [2.24, 2.45) is 0 Å². The van der Waals surface area contributed by atoms with Crippen LogP contribution in [-0.2, 0) is 10.5 Å². The van der Waals surface area contributed by atoms with Crippen LogP contribution in [0.3, 0.4) is 0 Å². The molecule has 5 nitrogen and oxygen atoms in total. The molecule has 108 valence electrons. The van der Waals surface area contributed by atoms with Gasteiger partial charge in [0.05, 0.1) is 7.11 Å². The number of carboxylic acid groups (broad SMARTS) is 1. The molecule has 2 aromatic rings. The van der Waals surface area contributed by atoms with Crippen molar-refractivity contribution in [1.29, 1.82) is 0 Å². The third-order valence-electron chi connectivity index (χ3n) is 2.61. The fourth-order valence-electron chi connectivity index (χ4n) is 1.67. The lowest BCUT2D eigenvalue weighted by atomic mass is 10.1. The molecule has 0 amide bonds. The summed E-state index contributed by atoms with van der Waals surface area (Å²) in [5, 5.41) is 9.42. The number of rotatable bonds is 6. The lowest BCUT2D eigenvalue weighted by Gasteiger charge is -2.07. The summed E-state index contributed by atoms with van der Waals surface area (Å²) in [6.07, 6.45) is 6.01. The van der Waals surface area contributed by atoms with E-state index in [2.05, 4.69) is 9.97 Å². The van der Waals surface area contributed by atoms with Crippen molar-refractivity contribution in [3.63, 3.8) is 0 Å². The van der Waals surface area contributed by atoms with Gasteiger partial charge in [0.1, 0.15) is 5.75 Å². The third kappa shape index (κ3) is 4.61. The molecule has 0 saturated heterocycles. The summed E-state index contributed by atoms with van der Waals surface area (Å²) in [7, 11) is 1.56. The van der Waals surface area contributed by atoms with Crippen LogP contribution in [0.5, 0.6) is 5.75 Å². The predicted molar refractivity (Wildman–Crippen MR) is 81.3 cm³/mol. The molecule has 0 radical (unpaired) electrons. The zero-order chi connectivity index (χ0) is 15.1. The van der Waals surface area contributed by atoms with E-state index in [1.807, 2.05) is 18.2 Å². The Hall–Kier alpha value is -2.34. The second-order valence-corrected chi connectivity index (χ2v) is 5.01. The molecule has 0 atom stereocenters. The van der Waals surface area contributed by atoms with Gasteiger partial charge in [0.15, 0.2) is 5.16 Å². The Labute approximate surface area is 126 Å². The Kier molecular flexibility index (Phi) is 5.34. The Morgan fingerprint density at radius 2 is 2.14 bits per heavy atom. The first-order chi connectivity index (χ1) is 10.2. The maximum Gasteiger partial charge on any atom is 0.328 e. The Bertz CT molecular complexity index is 645. The smallest absolute Gasteiger partial charge is 0.328 e. The lowest BCUT2D eigenvalue weighted by Crippen LogP contribution is -1.92. The number of aliphatic carboxylic acids is 1. The van der Waals surface area contributed by atoms with Crippen molar-refractivity contribution in [3.8, 4) is 5.75 Å². The van der Waals surface area contributed by atoms with Crippen LogP contribution in [-0.4, -0.2) is 28.2 Å². The van der Waals surface area contributed by atoms with Gasteiger partial charge in [-0.05, 0) is 29.8 Å². The number of carboxylic acids is 1. The minimum Gasteiger partial charge on any atom is -0.496 e. The number of hydrogen-bond acceptors (Lipinski definition) is 5. The van der Waals surface area contributed by atoms with Crippen LogP contribution in [0.2, 0.25) is 0 Å². The highest BCUT2D eigenvalue weighted by molar-refractivity contribution is 7.98. The second kappa shape index (κ2) is 7.44. The number of methoxy groups -OCH3 is 1. The van der Waals surface area contributed by atoms with E-state index < -0.39 is 5.97 Å². The first-order valence-corrected chi connectivity index (χ1v) is 7.15. The zero-order valence-electron chi connectivity index (χ0n) is 11.4. The van der Waals surface area contributed by atoms with Crippen LogP contribution in [0, 0.1) is 0 Å². The van der Waals surface area contributed by atoms with Crippen LogP contribution in [0.4, 0.5) is 0 Å². The summed E-state index contributed by atoms with van der Waals surface area (Å²) >= 11 is 1.52. The molecule has 6 heteroatoms. The first-order valence-electron chi connectivity index (χ1n) is 6.17. The number of nitrogens with zero attached hydrogens (tertiary/aromatic N) is 2. The molecule has 21 heavy (non-hydrogen) atoms. The topological polar surface area (TPSA) is 72.3 Å². The molecular weight excluding hydrogens is 288 g/mol. The van der Waals surface area contributed by atoms with Crippen molar-refractivity contribution < 1.29 is 14.6 Å². The summed E-state index contributed by atoms with van der Waals surface area (Å²) in [6, 6.07) is 7.43. The van der Waals surface area contributed by atoms with Crippen molar-refractivity contribution in [1.82, 2.24) is 9.97 Å². The lowest BCUT2D eigenvalue weighted by molar-refractivity contribution is -0.131. The molecule has 0 aliphatic carbocycles. The quantitative estimate of drug-likeness (QED) is 0.502. The van der Waals surface area contributed by atoms with Crippen molar-refractivity contribution in [2.75, 3.05) is 7.11 Å². The fourth-order valence-corrected chi connectivity index (χ4v) is 2.42. The minimum absolute atomic E-state index is 0.636. The van der Waals surface area contributed by atoms with E-state index in [-0.39, 0.29) is 0 Å². The summed E-state index contributed by atoms with van der Waals surface area (Å²) in [6.45, 7) is 0. The van der Waals surface area contributed by atoms with E-state index in [9.17, 15) is 4.79 Å². The van der Waals surface area contributed by atoms with E-state index in [1.54, 1.807) is 25.6 Å². The van der Waals surface area contributed by atoms with Gasteiger partial charge in [0.2, 0.25) is 0 Å². The van der Waals surface area contributed by atoms with E-state index in [0.29, 0.717) is 16.7 Å². The van der Waals surface area contributed by atoms with Crippen molar-refractivity contribution in [3.05, 3.63) is 53.9 Å². The van der Waals surface area contributed by atoms with Gasteiger partial charge < -0.3 is 9.84 Å². The molecule has 0 aliphatic heterocycles. The van der Waals surface area contributed by atoms with Gasteiger partial charge in [-0.25, -0.2) is 14.8 Å². The van der Waals surface area contributed by atoms with E-state index in [0.717, 1.165) is 17.2 Å². The molecule has 0 bridgehead atoms. The van der Waals surface area contributed by atoms with Crippen LogP contribution >= 0.6 is 11.8 Å². The Balaban J connectivity index is 2.13. The van der Waals surface area contributed by atoms with Gasteiger partial charge in [-0.15, -0.1) is 0 Å². The molecule has 0 spiro atoms. The molecule has 0 fully saturated rings. The minimum atomic E-state index is -0.991. The van der Waals surface area contributed by atoms with E-state index >= 15 is 0 Å². The van der Waals surface area contributed by atoms with E-state index in [1.165, 1.54) is 17.8 Å². The monoisotopic (exact) mass is 302 g/mol. The fraction of sp³-hybridized carbons (Fsp3) is 0.133. The molecule has 1 aromatic carbocycles. The number of aromatic nitrogens is 2. The second-order valence-electron chi connectivity index (χ2n) is 4.07. The Morgan fingerprint density at radius 3 is 2.81 bits per heavy atom. The summed E-state index contributed by atoms with van der Waals surface area (Å²) in [5.74, 6) is 0.341. The van der Waals surface area contributed by atoms with Gasteiger partial charge in [-0.3, -0.25) is 0 Å². The number of ether oxygens (including phenoxy) is 1. The predicted octanol–water partition coefficient (Wildman–Crippen LogP) is 2.88. The van der Waals surface area contributed by atoms with E-state index in [4.69, 9.17) is 9.84 Å². The maximum absolute atomic E-state index is 10.6. The van der Waals surface area contributed by atoms with Crippen LogP contribution in [0.15, 0.2) is 47.9 Å². The maximum atomic E-state index is 10.6. The highest BCUT2D eigenvalue weighted by Crippen LogP contribution is 2.25. The SMILES string of the molecule is COc1ccc(CSc2ncccn2)cc1C=CC(=O)O. The highest BCUT2D eigenvalue weighted by atomic mass is 32.2. The van der Waals surface area contributed by atoms with Crippen molar-refractivity contribution >= 4 is 23.8 Å². The molecule has 2 rings (SSSR count). The summed E-state index contributed by atoms with van der Waals surface area (Å²) in [4.78, 5) is 18.9. The molecule has 1 N–H and O–H groups in total. The van der Waals surface area contributed by atoms with Crippen LogP contribution in [0.25, 0.3) is 6.08 Å². The zero-order valence-corrected chi connectivity index (χ0v) is 12.2. The number of thioether (sulfide) groups is 1. The largest absolute Gasteiger partial charge is 0.496 e. The summed E-state index contributed by atoms with van der Waals surface area (Å²) < 4.78 is 5.22. The molecule has 0 unspecified atom stereocenters. The molecule has 0 saturated carbocycles. The van der Waals surface area contributed by atoms with Gasteiger partial charge in [-0.1, -0.05) is 17.8 Å². The van der Waals surface area contributed by atoms with Crippen LogP contribution in [0.1, 0.15) is 11.1 Å². The summed E-state index contributed by atoms with van der Waals surface area (Å²) in [5.41, 5.74) is 1.77. The van der Waals surface area contributed by atoms with Gasteiger partial charge in [0.25, 0.3) is 0 Å². The standard InChI is InChI=1S/C15H14N2O3S/c1-20-13-5-3-11(9-12(13)4-6-14(18)19)10-21-15-16-7-2-8-17-15/h2-9H,10H2,1H3,(H,18,19). The van der Waals surface area contributed by atoms with Crippen LogP contribution < -0.4 is 4.74 Å². The molecule has 1 heterocycles. The average molecular weight is 302 g/mol. The normalized spacial score (nSPS) is 10.7. The number of hydrogen-bond donors (Lipinski definition) is 1. The first kappa shape index (κ1) is 15.1. The molecule has 0 aliphatic rings. The number of benzene rings is 1.